The van der Waals surface area contributed by atoms with E-state index in [1.54, 1.807) is 12.3 Å². The summed E-state index contributed by atoms with van der Waals surface area (Å²) in [6.45, 7) is 0. The van der Waals surface area contributed by atoms with Gasteiger partial charge in [-0.25, -0.2) is 9.97 Å². The van der Waals surface area contributed by atoms with Crippen LogP contribution in [0.1, 0.15) is 0 Å². The first-order valence-electron chi connectivity index (χ1n) is 8.63. The van der Waals surface area contributed by atoms with Gasteiger partial charge < -0.3 is 0 Å². The molecule has 0 aliphatic rings. The molecule has 0 amide bonds. The van der Waals surface area contributed by atoms with Gasteiger partial charge in [-0.2, -0.15) is 0 Å². The summed E-state index contributed by atoms with van der Waals surface area (Å²) in [7, 11) is 0. The maximum Gasteiger partial charge on any atom is 0.236 e. The summed E-state index contributed by atoms with van der Waals surface area (Å²) < 4.78 is 4.70. The van der Waals surface area contributed by atoms with Crippen molar-refractivity contribution in [1.29, 1.82) is 0 Å². The van der Waals surface area contributed by atoms with E-state index in [1.807, 2.05) is 17.4 Å². The molecule has 0 radical (unpaired) electrons. The molecular weight excluding hydrogens is 374 g/mol. The van der Waals surface area contributed by atoms with Crippen LogP contribution >= 0.6 is 22.9 Å². The number of aromatic nitrogens is 3. The van der Waals surface area contributed by atoms with Crippen LogP contribution in [0.15, 0.2) is 72.9 Å². The second-order valence-electron chi connectivity index (χ2n) is 6.47. The Hall–Kier alpha value is -2.95. The normalized spacial score (nSPS) is 11.9. The monoisotopic (exact) mass is 385 g/mol. The Kier molecular flexibility index (Phi) is 3.10. The molecule has 3 nitrogen and oxygen atoms in total. The van der Waals surface area contributed by atoms with Crippen molar-refractivity contribution in [3.63, 3.8) is 0 Å². The number of nitrogens with zero attached hydrogens (tertiary/aromatic N) is 3. The van der Waals surface area contributed by atoms with Crippen LogP contribution in [-0.4, -0.2) is 14.5 Å². The van der Waals surface area contributed by atoms with Gasteiger partial charge in [0.05, 0.1) is 11.0 Å². The lowest BCUT2D eigenvalue weighted by atomic mass is 10.1. The zero-order valence-electron chi connectivity index (χ0n) is 14.1. The topological polar surface area (TPSA) is 30.7 Å². The molecule has 0 saturated heterocycles. The van der Waals surface area contributed by atoms with Crippen molar-refractivity contribution in [1.82, 2.24) is 14.5 Å². The number of hydrogen-bond donors (Lipinski definition) is 0. The third-order valence-corrected chi connectivity index (χ3v) is 6.40. The minimum atomic E-state index is 0.439. The largest absolute Gasteiger partial charge is 0.278 e. The van der Waals surface area contributed by atoms with Gasteiger partial charge >= 0.3 is 0 Å². The number of halogens is 1. The number of para-hydroxylation sites is 1. The van der Waals surface area contributed by atoms with E-state index in [0.717, 1.165) is 11.0 Å². The van der Waals surface area contributed by atoms with Gasteiger partial charge in [-0.05, 0) is 24.3 Å². The third-order valence-electron chi connectivity index (χ3n) is 4.99. The number of benzene rings is 3. The molecule has 0 bridgehead atoms. The minimum Gasteiger partial charge on any atom is -0.278 e. The molecule has 6 rings (SSSR count). The average Bonchev–Trinajstić information content (AvgIpc) is 3.23. The van der Waals surface area contributed by atoms with E-state index in [9.17, 15) is 0 Å². The molecule has 0 aliphatic carbocycles. The highest BCUT2D eigenvalue weighted by atomic mass is 35.5. The zero-order chi connectivity index (χ0) is 18.0. The molecule has 3 heterocycles. The van der Waals surface area contributed by atoms with Crippen LogP contribution < -0.4 is 0 Å². The molecule has 27 heavy (non-hydrogen) atoms. The highest BCUT2D eigenvalue weighted by molar-refractivity contribution is 7.26. The fourth-order valence-electron chi connectivity index (χ4n) is 3.89. The molecule has 128 valence electrons. The van der Waals surface area contributed by atoms with Crippen molar-refractivity contribution < 1.29 is 0 Å². The van der Waals surface area contributed by atoms with Gasteiger partial charge in [0.15, 0.2) is 0 Å². The molecule has 0 aliphatic heterocycles. The van der Waals surface area contributed by atoms with E-state index in [1.165, 1.54) is 30.9 Å². The minimum absolute atomic E-state index is 0.439. The van der Waals surface area contributed by atoms with Crippen molar-refractivity contribution >= 4 is 64.9 Å². The van der Waals surface area contributed by atoms with Crippen molar-refractivity contribution in [3.05, 3.63) is 78.1 Å². The summed E-state index contributed by atoms with van der Waals surface area (Å²) in [5, 5.41) is 5.48. The van der Waals surface area contributed by atoms with Crippen LogP contribution in [0.2, 0.25) is 5.15 Å². The molecule has 5 heteroatoms. The van der Waals surface area contributed by atoms with Gasteiger partial charge in [0.25, 0.3) is 0 Å². The molecule has 0 N–H and O–H groups in total. The Morgan fingerprint density at radius 2 is 1.59 bits per heavy atom. The lowest BCUT2D eigenvalue weighted by Crippen LogP contribution is -2.00. The van der Waals surface area contributed by atoms with Gasteiger partial charge in [0.2, 0.25) is 5.95 Å². The molecule has 3 aromatic carbocycles. The van der Waals surface area contributed by atoms with E-state index in [2.05, 4.69) is 69.1 Å². The van der Waals surface area contributed by atoms with Crippen LogP contribution in [0, 0.1) is 0 Å². The van der Waals surface area contributed by atoms with Crippen molar-refractivity contribution in [2.45, 2.75) is 0 Å². The quantitative estimate of drug-likeness (QED) is 0.299. The summed E-state index contributed by atoms with van der Waals surface area (Å²) in [6.07, 6.45) is 1.70. The number of fused-ring (bicyclic) bond motifs is 7. The molecular formula is C22H12ClN3S. The van der Waals surface area contributed by atoms with Gasteiger partial charge in [-0.1, -0.05) is 54.1 Å². The Morgan fingerprint density at radius 3 is 2.48 bits per heavy atom. The summed E-state index contributed by atoms with van der Waals surface area (Å²) in [5.74, 6) is 0.592. The van der Waals surface area contributed by atoms with Gasteiger partial charge in [-0.15, -0.1) is 11.3 Å². The van der Waals surface area contributed by atoms with Crippen molar-refractivity contribution in [2.24, 2.45) is 0 Å². The van der Waals surface area contributed by atoms with Crippen LogP contribution in [0.4, 0.5) is 0 Å². The Labute approximate surface area is 163 Å². The van der Waals surface area contributed by atoms with Crippen LogP contribution in [0.25, 0.3) is 47.9 Å². The average molecular weight is 386 g/mol. The molecule has 0 saturated carbocycles. The third kappa shape index (κ3) is 2.08. The fraction of sp³-hybridized carbons (Fsp3) is 0. The van der Waals surface area contributed by atoms with E-state index < -0.39 is 0 Å². The van der Waals surface area contributed by atoms with E-state index in [0.29, 0.717) is 11.1 Å². The highest BCUT2D eigenvalue weighted by Crippen LogP contribution is 2.42. The van der Waals surface area contributed by atoms with E-state index in [-0.39, 0.29) is 0 Å². The lowest BCUT2D eigenvalue weighted by Gasteiger charge is -2.05. The first kappa shape index (κ1) is 15.1. The number of rotatable bonds is 1. The Bertz CT molecular complexity index is 1500. The predicted molar refractivity (Wildman–Crippen MR) is 114 cm³/mol. The molecule has 0 unspecified atom stereocenters. The predicted octanol–water partition coefficient (Wildman–Crippen LogP) is 6.60. The van der Waals surface area contributed by atoms with E-state index in [4.69, 9.17) is 11.6 Å². The van der Waals surface area contributed by atoms with E-state index >= 15 is 0 Å². The summed E-state index contributed by atoms with van der Waals surface area (Å²) in [6, 6.07) is 23.0. The summed E-state index contributed by atoms with van der Waals surface area (Å²) in [4.78, 5) is 8.94. The van der Waals surface area contributed by atoms with Crippen molar-refractivity contribution in [2.75, 3.05) is 0 Å². The standard InChI is InChI=1S/C22H12ClN3S/c23-19-11-12-24-22(25-19)26-16-7-3-1-6-15(16)20-17(26)10-9-14-13-5-2-4-8-18(13)27-21(14)20/h1-12H. The highest BCUT2D eigenvalue weighted by Gasteiger charge is 2.18. The summed E-state index contributed by atoms with van der Waals surface area (Å²) >= 11 is 7.99. The first-order valence-corrected chi connectivity index (χ1v) is 9.83. The smallest absolute Gasteiger partial charge is 0.236 e. The summed E-state index contributed by atoms with van der Waals surface area (Å²) in [5.41, 5.74) is 2.18. The first-order chi connectivity index (χ1) is 13.3. The maximum atomic E-state index is 6.15. The van der Waals surface area contributed by atoms with Crippen molar-refractivity contribution in [3.8, 4) is 5.95 Å². The maximum absolute atomic E-state index is 6.15. The van der Waals surface area contributed by atoms with Crippen LogP contribution in [0.3, 0.4) is 0 Å². The SMILES string of the molecule is Clc1ccnc(-n2c3ccccc3c3c4sc5ccccc5c4ccc32)n1. The molecule has 0 fully saturated rings. The molecule has 0 atom stereocenters. The molecule has 3 aromatic heterocycles. The second kappa shape index (κ2) is 5.52. The molecule has 0 spiro atoms. The lowest BCUT2D eigenvalue weighted by molar-refractivity contribution is 0.989. The second-order valence-corrected chi connectivity index (χ2v) is 7.91. The Balaban J connectivity index is 1.87. The fourth-order valence-corrected chi connectivity index (χ4v) is 5.28. The zero-order valence-corrected chi connectivity index (χ0v) is 15.6. The molecule has 6 aromatic rings. The van der Waals surface area contributed by atoms with Gasteiger partial charge in [0.1, 0.15) is 5.15 Å². The number of hydrogen-bond acceptors (Lipinski definition) is 3. The number of thiophene rings is 1. The van der Waals surface area contributed by atoms with Gasteiger partial charge in [0, 0.05) is 37.1 Å². The van der Waals surface area contributed by atoms with Gasteiger partial charge in [-0.3, -0.25) is 4.57 Å². The van der Waals surface area contributed by atoms with Crippen LogP contribution in [-0.2, 0) is 0 Å². The van der Waals surface area contributed by atoms with Crippen LogP contribution in [0.5, 0.6) is 0 Å². The Morgan fingerprint density at radius 1 is 0.778 bits per heavy atom.